The molecule has 0 spiro atoms. The lowest BCUT2D eigenvalue weighted by molar-refractivity contribution is 0.415. The fourth-order valence-corrected chi connectivity index (χ4v) is 1.56. The molecule has 0 saturated heterocycles. The normalized spacial score (nSPS) is 9.81. The van der Waals surface area contributed by atoms with Crippen LogP contribution in [0.1, 0.15) is 11.5 Å². The van der Waals surface area contributed by atoms with Crippen LogP contribution in [0.5, 0.6) is 5.75 Å². The van der Waals surface area contributed by atoms with E-state index in [1.54, 1.807) is 7.11 Å². The Morgan fingerprint density at radius 1 is 1.44 bits per heavy atom. The predicted octanol–water partition coefficient (Wildman–Crippen LogP) is 2.27. The number of methoxy groups -OCH3 is 1. The van der Waals surface area contributed by atoms with Crippen molar-refractivity contribution in [2.24, 2.45) is 0 Å². The number of aromatic amines is 1. The van der Waals surface area contributed by atoms with E-state index in [0.717, 1.165) is 22.7 Å². The van der Waals surface area contributed by atoms with E-state index in [-0.39, 0.29) is 0 Å². The van der Waals surface area contributed by atoms with Gasteiger partial charge in [-0.1, -0.05) is 12.1 Å². The lowest BCUT2D eigenvalue weighted by Gasteiger charge is -2.02. The van der Waals surface area contributed by atoms with Crippen LogP contribution in [0.2, 0.25) is 0 Å². The van der Waals surface area contributed by atoms with Crippen molar-refractivity contribution in [3.05, 3.63) is 35.8 Å². The Morgan fingerprint density at radius 2 is 2.25 bits per heavy atom. The summed E-state index contributed by atoms with van der Waals surface area (Å²) in [5.41, 5.74) is 2.61. The van der Waals surface area contributed by atoms with Crippen LogP contribution in [0.15, 0.2) is 24.3 Å². The Bertz CT molecular complexity index is 552. The number of hydrogen-bond donors (Lipinski definition) is 1. The average Bonchev–Trinajstić information content (AvgIpc) is 2.71. The van der Waals surface area contributed by atoms with Crippen LogP contribution >= 0.6 is 0 Å². The summed E-state index contributed by atoms with van der Waals surface area (Å²) in [4.78, 5) is 7.12. The van der Waals surface area contributed by atoms with Crippen LogP contribution in [-0.2, 0) is 0 Å². The van der Waals surface area contributed by atoms with E-state index in [1.807, 2.05) is 37.3 Å². The van der Waals surface area contributed by atoms with E-state index in [4.69, 9.17) is 10.00 Å². The number of ether oxygens (including phenoxy) is 1. The summed E-state index contributed by atoms with van der Waals surface area (Å²) < 4.78 is 5.15. The number of aromatic nitrogens is 2. The van der Waals surface area contributed by atoms with Crippen LogP contribution in [-0.4, -0.2) is 17.1 Å². The van der Waals surface area contributed by atoms with E-state index < -0.39 is 0 Å². The predicted molar refractivity (Wildman–Crippen MR) is 60.0 cm³/mol. The van der Waals surface area contributed by atoms with Gasteiger partial charge in [-0.05, 0) is 19.1 Å². The van der Waals surface area contributed by atoms with Crippen molar-refractivity contribution in [3.8, 4) is 23.1 Å². The minimum atomic E-state index is 0.329. The maximum absolute atomic E-state index is 8.75. The standard InChI is InChI=1S/C12H11N3O/c1-8-12(15-11(7-13)14-8)9-4-3-5-10(6-9)16-2/h3-6H,1-2H3,(H,14,15). The van der Waals surface area contributed by atoms with Crippen molar-refractivity contribution < 1.29 is 4.74 Å². The van der Waals surface area contributed by atoms with Crippen LogP contribution in [0.3, 0.4) is 0 Å². The molecule has 16 heavy (non-hydrogen) atoms. The molecule has 0 saturated carbocycles. The quantitative estimate of drug-likeness (QED) is 0.832. The molecule has 0 aliphatic carbocycles. The Hall–Kier alpha value is -2.28. The van der Waals surface area contributed by atoms with Gasteiger partial charge in [-0.15, -0.1) is 0 Å². The number of hydrogen-bond acceptors (Lipinski definition) is 3. The number of benzene rings is 1. The zero-order valence-electron chi connectivity index (χ0n) is 9.11. The monoisotopic (exact) mass is 213 g/mol. The maximum atomic E-state index is 8.75. The lowest BCUT2D eigenvalue weighted by Crippen LogP contribution is -1.85. The zero-order chi connectivity index (χ0) is 11.5. The van der Waals surface area contributed by atoms with Crippen molar-refractivity contribution in [3.63, 3.8) is 0 Å². The highest BCUT2D eigenvalue weighted by Crippen LogP contribution is 2.24. The Kier molecular flexibility index (Phi) is 2.61. The van der Waals surface area contributed by atoms with Crippen molar-refractivity contribution in [2.75, 3.05) is 7.11 Å². The average molecular weight is 213 g/mol. The van der Waals surface area contributed by atoms with Gasteiger partial charge >= 0.3 is 0 Å². The molecule has 0 bridgehead atoms. The summed E-state index contributed by atoms with van der Waals surface area (Å²) in [6.07, 6.45) is 0. The molecule has 1 aromatic carbocycles. The summed E-state index contributed by atoms with van der Waals surface area (Å²) >= 11 is 0. The van der Waals surface area contributed by atoms with E-state index >= 15 is 0 Å². The van der Waals surface area contributed by atoms with Gasteiger partial charge < -0.3 is 9.72 Å². The SMILES string of the molecule is COc1cccc(-c2nc(C#N)[nH]c2C)c1. The molecule has 0 atom stereocenters. The molecule has 2 aromatic rings. The first-order chi connectivity index (χ1) is 7.74. The molecule has 0 aliphatic rings. The van der Waals surface area contributed by atoms with Gasteiger partial charge in [-0.25, -0.2) is 4.98 Å². The van der Waals surface area contributed by atoms with Crippen molar-refractivity contribution in [2.45, 2.75) is 6.92 Å². The van der Waals surface area contributed by atoms with E-state index in [9.17, 15) is 0 Å². The third-order valence-corrected chi connectivity index (χ3v) is 2.33. The molecule has 1 aromatic heterocycles. The zero-order valence-corrected chi connectivity index (χ0v) is 9.11. The topological polar surface area (TPSA) is 61.7 Å². The van der Waals surface area contributed by atoms with E-state index in [2.05, 4.69) is 9.97 Å². The number of nitrogens with one attached hydrogen (secondary N) is 1. The van der Waals surface area contributed by atoms with Gasteiger partial charge in [-0.2, -0.15) is 5.26 Å². The summed E-state index contributed by atoms with van der Waals surface area (Å²) in [6.45, 7) is 1.89. The molecule has 1 N–H and O–H groups in total. The van der Waals surface area contributed by atoms with Crippen LogP contribution in [0.4, 0.5) is 0 Å². The molecular weight excluding hydrogens is 202 g/mol. The van der Waals surface area contributed by atoms with Crippen LogP contribution < -0.4 is 4.74 Å². The minimum Gasteiger partial charge on any atom is -0.497 e. The van der Waals surface area contributed by atoms with Gasteiger partial charge in [0.1, 0.15) is 11.8 Å². The molecule has 0 radical (unpaired) electrons. The highest BCUT2D eigenvalue weighted by atomic mass is 16.5. The number of nitriles is 1. The molecule has 80 valence electrons. The lowest BCUT2D eigenvalue weighted by atomic mass is 10.1. The Morgan fingerprint density at radius 3 is 2.88 bits per heavy atom. The van der Waals surface area contributed by atoms with Gasteiger partial charge in [0, 0.05) is 11.3 Å². The first kappa shape index (κ1) is 10.2. The minimum absolute atomic E-state index is 0.329. The second-order valence-corrected chi connectivity index (χ2v) is 3.40. The molecular formula is C12H11N3O. The summed E-state index contributed by atoms with van der Waals surface area (Å²) in [5, 5.41) is 8.75. The summed E-state index contributed by atoms with van der Waals surface area (Å²) in [5.74, 6) is 1.11. The van der Waals surface area contributed by atoms with Gasteiger partial charge in [0.15, 0.2) is 0 Å². The molecule has 4 heteroatoms. The number of rotatable bonds is 2. The Labute approximate surface area is 93.5 Å². The largest absolute Gasteiger partial charge is 0.497 e. The maximum Gasteiger partial charge on any atom is 0.210 e. The van der Waals surface area contributed by atoms with Gasteiger partial charge in [0.25, 0.3) is 0 Å². The summed E-state index contributed by atoms with van der Waals surface area (Å²) in [6, 6.07) is 9.59. The second-order valence-electron chi connectivity index (χ2n) is 3.40. The van der Waals surface area contributed by atoms with Crippen molar-refractivity contribution >= 4 is 0 Å². The fourth-order valence-electron chi connectivity index (χ4n) is 1.56. The third-order valence-electron chi connectivity index (χ3n) is 2.33. The fraction of sp³-hybridized carbons (Fsp3) is 0.167. The van der Waals surface area contributed by atoms with E-state index in [0.29, 0.717) is 5.82 Å². The smallest absolute Gasteiger partial charge is 0.210 e. The number of nitrogens with zero attached hydrogens (tertiary/aromatic N) is 2. The molecule has 2 rings (SSSR count). The third kappa shape index (κ3) is 1.75. The first-order valence-corrected chi connectivity index (χ1v) is 4.85. The van der Waals surface area contributed by atoms with Crippen LogP contribution in [0.25, 0.3) is 11.3 Å². The second kappa shape index (κ2) is 4.07. The number of imidazole rings is 1. The molecule has 0 aliphatic heterocycles. The molecule has 1 heterocycles. The summed E-state index contributed by atoms with van der Waals surface area (Å²) in [7, 11) is 1.62. The van der Waals surface area contributed by atoms with Crippen LogP contribution in [0, 0.1) is 18.3 Å². The first-order valence-electron chi connectivity index (χ1n) is 4.85. The highest BCUT2D eigenvalue weighted by molar-refractivity contribution is 5.64. The van der Waals surface area contributed by atoms with Crippen molar-refractivity contribution in [1.82, 2.24) is 9.97 Å². The highest BCUT2D eigenvalue weighted by Gasteiger charge is 2.08. The Balaban J connectivity index is 2.50. The number of H-pyrrole nitrogens is 1. The molecule has 4 nitrogen and oxygen atoms in total. The van der Waals surface area contributed by atoms with Gasteiger partial charge in [0.05, 0.1) is 12.8 Å². The van der Waals surface area contributed by atoms with E-state index in [1.165, 1.54) is 0 Å². The molecule has 0 fully saturated rings. The van der Waals surface area contributed by atoms with Crippen molar-refractivity contribution in [1.29, 1.82) is 5.26 Å². The van der Waals surface area contributed by atoms with Gasteiger partial charge in [0.2, 0.25) is 5.82 Å². The molecule has 0 unspecified atom stereocenters. The van der Waals surface area contributed by atoms with Gasteiger partial charge in [-0.3, -0.25) is 0 Å². The number of aryl methyl sites for hydroxylation is 1. The molecule has 0 amide bonds.